The zero-order valence-electron chi connectivity index (χ0n) is 11.4. The van der Waals surface area contributed by atoms with Crippen LogP contribution in [-0.4, -0.2) is 12.4 Å². The smallest absolute Gasteiger partial charge is 0.174 e. The number of ether oxygens (including phenoxy) is 1. The molecule has 2 aromatic rings. The van der Waals surface area contributed by atoms with Crippen LogP contribution >= 0.6 is 0 Å². The summed E-state index contributed by atoms with van der Waals surface area (Å²) in [4.78, 5) is 11.8. The van der Waals surface area contributed by atoms with Crippen LogP contribution < -0.4 is 4.74 Å². The van der Waals surface area contributed by atoms with E-state index in [1.807, 2.05) is 24.3 Å². The van der Waals surface area contributed by atoms with Crippen LogP contribution in [0.3, 0.4) is 0 Å². The standard InChI is InChI=1S/C17H17FO2/c1-2-13-4-3-5-17(11-13)20-12-16(19)10-14-6-8-15(18)9-7-14/h3-9,11H,2,10,12H2,1H3. The van der Waals surface area contributed by atoms with Gasteiger partial charge in [-0.1, -0.05) is 31.2 Å². The quantitative estimate of drug-likeness (QED) is 0.803. The van der Waals surface area contributed by atoms with E-state index in [1.54, 1.807) is 12.1 Å². The van der Waals surface area contributed by atoms with Gasteiger partial charge in [0.1, 0.15) is 18.2 Å². The number of carbonyl (C=O) groups is 1. The Labute approximate surface area is 118 Å². The van der Waals surface area contributed by atoms with Crippen LogP contribution in [0.1, 0.15) is 18.1 Å². The first kappa shape index (κ1) is 14.3. The summed E-state index contributed by atoms with van der Waals surface area (Å²) in [6, 6.07) is 13.7. The molecule has 0 spiro atoms. The fourth-order valence-electron chi connectivity index (χ4n) is 1.90. The summed E-state index contributed by atoms with van der Waals surface area (Å²) in [6.07, 6.45) is 1.19. The highest BCUT2D eigenvalue weighted by molar-refractivity contribution is 5.82. The van der Waals surface area contributed by atoms with Crippen molar-refractivity contribution in [1.82, 2.24) is 0 Å². The molecular weight excluding hydrogens is 255 g/mol. The van der Waals surface area contributed by atoms with Gasteiger partial charge >= 0.3 is 0 Å². The summed E-state index contributed by atoms with van der Waals surface area (Å²) >= 11 is 0. The lowest BCUT2D eigenvalue weighted by atomic mass is 10.1. The number of carbonyl (C=O) groups excluding carboxylic acids is 1. The van der Waals surface area contributed by atoms with Crippen molar-refractivity contribution in [3.05, 3.63) is 65.5 Å². The lowest BCUT2D eigenvalue weighted by Gasteiger charge is -2.07. The summed E-state index contributed by atoms with van der Waals surface area (Å²) in [7, 11) is 0. The van der Waals surface area contributed by atoms with Crippen LogP contribution in [0.4, 0.5) is 4.39 Å². The summed E-state index contributed by atoms with van der Waals surface area (Å²) in [6.45, 7) is 2.10. The molecule has 0 aliphatic carbocycles. The number of benzene rings is 2. The van der Waals surface area contributed by atoms with Gasteiger partial charge < -0.3 is 4.74 Å². The first-order chi connectivity index (χ1) is 9.67. The molecule has 0 radical (unpaired) electrons. The van der Waals surface area contributed by atoms with Crippen LogP contribution in [0.5, 0.6) is 5.75 Å². The highest BCUT2D eigenvalue weighted by Gasteiger charge is 2.05. The first-order valence-corrected chi connectivity index (χ1v) is 6.65. The second kappa shape index (κ2) is 6.85. The summed E-state index contributed by atoms with van der Waals surface area (Å²) in [5.41, 5.74) is 1.97. The van der Waals surface area contributed by atoms with E-state index < -0.39 is 0 Å². The summed E-state index contributed by atoms with van der Waals surface area (Å²) < 4.78 is 18.2. The second-order valence-electron chi connectivity index (χ2n) is 4.63. The van der Waals surface area contributed by atoms with Gasteiger partial charge in [-0.2, -0.15) is 0 Å². The van der Waals surface area contributed by atoms with Crippen molar-refractivity contribution in [2.45, 2.75) is 19.8 Å². The molecule has 20 heavy (non-hydrogen) atoms. The summed E-state index contributed by atoms with van der Waals surface area (Å²) in [5.74, 6) is 0.379. The Morgan fingerprint density at radius 1 is 1.10 bits per heavy atom. The number of halogens is 1. The van der Waals surface area contributed by atoms with Gasteiger partial charge in [0, 0.05) is 6.42 Å². The van der Waals surface area contributed by atoms with Crippen LogP contribution in [-0.2, 0) is 17.6 Å². The van der Waals surface area contributed by atoms with E-state index in [1.165, 1.54) is 17.7 Å². The van der Waals surface area contributed by atoms with Crippen LogP contribution in [0.2, 0.25) is 0 Å². The molecule has 2 rings (SSSR count). The van der Waals surface area contributed by atoms with Gasteiger partial charge in [0.15, 0.2) is 5.78 Å². The Balaban J connectivity index is 1.87. The molecule has 104 valence electrons. The number of hydrogen-bond donors (Lipinski definition) is 0. The van der Waals surface area contributed by atoms with Gasteiger partial charge in [0.05, 0.1) is 0 Å². The maximum atomic E-state index is 12.8. The monoisotopic (exact) mass is 272 g/mol. The molecule has 2 nitrogen and oxygen atoms in total. The predicted molar refractivity (Wildman–Crippen MR) is 76.4 cm³/mol. The van der Waals surface area contributed by atoms with Crippen molar-refractivity contribution in [3.8, 4) is 5.75 Å². The topological polar surface area (TPSA) is 26.3 Å². The van der Waals surface area contributed by atoms with Crippen molar-refractivity contribution in [1.29, 1.82) is 0 Å². The number of hydrogen-bond acceptors (Lipinski definition) is 2. The molecule has 0 atom stereocenters. The van der Waals surface area contributed by atoms with E-state index >= 15 is 0 Å². The second-order valence-corrected chi connectivity index (χ2v) is 4.63. The minimum Gasteiger partial charge on any atom is -0.486 e. The lowest BCUT2D eigenvalue weighted by Crippen LogP contribution is -2.13. The molecule has 0 saturated carbocycles. The Bertz CT molecular complexity index is 576. The van der Waals surface area contributed by atoms with E-state index in [0.29, 0.717) is 5.75 Å². The molecule has 0 bridgehead atoms. The maximum absolute atomic E-state index is 12.8. The maximum Gasteiger partial charge on any atom is 0.174 e. The van der Waals surface area contributed by atoms with Crippen molar-refractivity contribution >= 4 is 5.78 Å². The van der Waals surface area contributed by atoms with Crippen LogP contribution in [0.25, 0.3) is 0 Å². The Morgan fingerprint density at radius 3 is 2.55 bits per heavy atom. The predicted octanol–water partition coefficient (Wildman–Crippen LogP) is 3.58. The fraction of sp³-hybridized carbons (Fsp3) is 0.235. The molecule has 0 amide bonds. The average molecular weight is 272 g/mol. The van der Waals surface area contributed by atoms with Gasteiger partial charge in [0.25, 0.3) is 0 Å². The van der Waals surface area contributed by atoms with Crippen LogP contribution in [0, 0.1) is 5.82 Å². The lowest BCUT2D eigenvalue weighted by molar-refractivity contribution is -0.120. The van der Waals surface area contributed by atoms with Gasteiger partial charge in [-0.05, 0) is 41.8 Å². The normalized spacial score (nSPS) is 10.3. The highest BCUT2D eigenvalue weighted by atomic mass is 19.1. The zero-order valence-corrected chi connectivity index (χ0v) is 11.4. The Kier molecular flexibility index (Phi) is 4.88. The van der Waals surface area contributed by atoms with Gasteiger partial charge in [-0.25, -0.2) is 4.39 Å². The molecule has 0 aliphatic heterocycles. The molecule has 3 heteroatoms. The molecule has 0 unspecified atom stereocenters. The van der Waals surface area contributed by atoms with Crippen molar-refractivity contribution in [2.24, 2.45) is 0 Å². The number of Topliss-reactive ketones (excluding diaryl/α,β-unsaturated/α-hetero) is 1. The van der Waals surface area contributed by atoms with Crippen LogP contribution in [0.15, 0.2) is 48.5 Å². The molecule has 0 N–H and O–H groups in total. The van der Waals surface area contributed by atoms with Crippen molar-refractivity contribution < 1.29 is 13.9 Å². The van der Waals surface area contributed by atoms with E-state index in [9.17, 15) is 9.18 Å². The third-order valence-corrected chi connectivity index (χ3v) is 3.02. The highest BCUT2D eigenvalue weighted by Crippen LogP contribution is 2.14. The Morgan fingerprint density at radius 2 is 1.85 bits per heavy atom. The molecule has 0 saturated heterocycles. The molecule has 0 fully saturated rings. The molecule has 2 aromatic carbocycles. The Hall–Kier alpha value is -2.16. The minimum atomic E-state index is -0.297. The van der Waals surface area contributed by atoms with E-state index in [0.717, 1.165) is 12.0 Å². The molecular formula is C17H17FO2. The van der Waals surface area contributed by atoms with E-state index in [4.69, 9.17) is 4.74 Å². The molecule has 0 aliphatic rings. The first-order valence-electron chi connectivity index (χ1n) is 6.65. The average Bonchev–Trinajstić information content (AvgIpc) is 2.48. The number of ketones is 1. The zero-order chi connectivity index (χ0) is 14.4. The third kappa shape index (κ3) is 4.19. The van der Waals surface area contributed by atoms with Gasteiger partial charge in [-0.15, -0.1) is 0 Å². The van der Waals surface area contributed by atoms with E-state index in [2.05, 4.69) is 6.92 Å². The SMILES string of the molecule is CCc1cccc(OCC(=O)Cc2ccc(F)cc2)c1. The number of rotatable bonds is 6. The largest absolute Gasteiger partial charge is 0.486 e. The van der Waals surface area contributed by atoms with Crippen molar-refractivity contribution in [2.75, 3.05) is 6.61 Å². The molecule has 0 aromatic heterocycles. The summed E-state index contributed by atoms with van der Waals surface area (Å²) in [5, 5.41) is 0. The minimum absolute atomic E-state index is 0.0292. The van der Waals surface area contributed by atoms with Gasteiger partial charge in [0.2, 0.25) is 0 Å². The molecule has 0 heterocycles. The van der Waals surface area contributed by atoms with E-state index in [-0.39, 0.29) is 24.6 Å². The number of aryl methyl sites for hydroxylation is 1. The third-order valence-electron chi connectivity index (χ3n) is 3.02. The van der Waals surface area contributed by atoms with Crippen molar-refractivity contribution in [3.63, 3.8) is 0 Å². The van der Waals surface area contributed by atoms with Gasteiger partial charge in [-0.3, -0.25) is 4.79 Å². The fourth-order valence-corrected chi connectivity index (χ4v) is 1.90.